The minimum atomic E-state index is -0.410. The predicted octanol–water partition coefficient (Wildman–Crippen LogP) is -0.634. The normalized spacial score (nSPS) is 8.00. The number of hydrogen-bond donors (Lipinski definition) is 0. The first-order valence-electron chi connectivity index (χ1n) is 1.94. The van der Waals surface area contributed by atoms with Crippen LogP contribution in [0.4, 0.5) is 0 Å². The first-order valence-corrected chi connectivity index (χ1v) is 3.23. The van der Waals surface area contributed by atoms with Gasteiger partial charge in [-0.05, 0) is 0 Å². The lowest BCUT2D eigenvalue weighted by molar-refractivity contribution is -0.129. The first kappa shape index (κ1) is 7.52. The summed E-state index contributed by atoms with van der Waals surface area (Å²) in [4.78, 5) is 10.4. The second-order valence-corrected chi connectivity index (χ2v) is 1.78. The smallest absolute Gasteiger partial charge is 0.324 e. The Hall–Kier alpha value is -0.483. The molecule has 0 saturated carbocycles. The summed E-state index contributed by atoms with van der Waals surface area (Å²) in [5.74, 6) is -0.410. The summed E-state index contributed by atoms with van der Waals surface area (Å²) in [6.07, 6.45) is 0. The summed E-state index contributed by atoms with van der Waals surface area (Å²) in [7, 11) is 0.399. The number of hydrogen-bond acceptors (Lipinski definition) is 3. The fraction of sp³-hybridized carbons (Fsp3) is 0. The van der Waals surface area contributed by atoms with Crippen molar-refractivity contribution in [2.24, 2.45) is 0 Å². The molecule has 8 heavy (non-hydrogen) atoms. The molecule has 0 aromatic rings. The lowest BCUT2D eigenvalue weighted by Gasteiger charge is -1.93. The SMILES string of the molecule is C=C(C=S)C(=O)O[SiH3]. The minimum absolute atomic E-state index is 0.245. The van der Waals surface area contributed by atoms with Crippen LogP contribution in [0.5, 0.6) is 0 Å². The van der Waals surface area contributed by atoms with Crippen LogP contribution >= 0.6 is 12.2 Å². The van der Waals surface area contributed by atoms with E-state index >= 15 is 0 Å². The fourth-order valence-corrected chi connectivity index (χ4v) is 0.538. The van der Waals surface area contributed by atoms with E-state index in [0.29, 0.717) is 10.5 Å². The van der Waals surface area contributed by atoms with Gasteiger partial charge < -0.3 is 4.43 Å². The monoisotopic (exact) mass is 146 g/mol. The second-order valence-electron chi connectivity index (χ2n) is 1.13. The Morgan fingerprint density at radius 1 is 1.88 bits per heavy atom. The Morgan fingerprint density at radius 2 is 2.38 bits per heavy atom. The molecule has 0 unspecified atom stereocenters. The molecule has 44 valence electrons. The molecule has 0 amide bonds. The number of thiocarbonyl (C=S) groups is 1. The van der Waals surface area contributed by atoms with Crippen LogP contribution in [-0.4, -0.2) is 21.8 Å². The van der Waals surface area contributed by atoms with Crippen LogP contribution < -0.4 is 0 Å². The van der Waals surface area contributed by atoms with Crippen molar-refractivity contribution in [3.8, 4) is 0 Å². The summed E-state index contributed by atoms with van der Waals surface area (Å²) in [5.41, 5.74) is 0.245. The van der Waals surface area contributed by atoms with Crippen LogP contribution in [0.2, 0.25) is 0 Å². The van der Waals surface area contributed by atoms with Crippen LogP contribution in [0.15, 0.2) is 12.2 Å². The van der Waals surface area contributed by atoms with E-state index in [4.69, 9.17) is 0 Å². The highest BCUT2D eigenvalue weighted by atomic mass is 32.1. The van der Waals surface area contributed by atoms with E-state index in [1.165, 1.54) is 5.37 Å². The minimum Gasteiger partial charge on any atom is -0.525 e. The topological polar surface area (TPSA) is 26.3 Å². The predicted molar refractivity (Wildman–Crippen MR) is 38.8 cm³/mol. The van der Waals surface area contributed by atoms with Crippen LogP contribution in [0.1, 0.15) is 0 Å². The summed E-state index contributed by atoms with van der Waals surface area (Å²) < 4.78 is 4.41. The average Bonchev–Trinajstić information content (AvgIpc) is 1.84. The third-order valence-electron chi connectivity index (χ3n) is 0.590. The Morgan fingerprint density at radius 3 is 2.50 bits per heavy atom. The highest BCUT2D eigenvalue weighted by Crippen LogP contribution is 1.86. The van der Waals surface area contributed by atoms with Crippen LogP contribution in [0.3, 0.4) is 0 Å². The number of carbonyl (C=O) groups is 1. The van der Waals surface area contributed by atoms with Gasteiger partial charge >= 0.3 is 5.97 Å². The van der Waals surface area contributed by atoms with Gasteiger partial charge in [0.15, 0.2) is 0 Å². The number of carbonyl (C=O) groups excluding carboxylic acids is 1. The number of rotatable bonds is 2. The Balaban J connectivity index is 3.82. The third kappa shape index (κ3) is 1.99. The van der Waals surface area contributed by atoms with Crippen LogP contribution in [0, 0.1) is 0 Å². The van der Waals surface area contributed by atoms with Gasteiger partial charge in [-0.25, -0.2) is 4.79 Å². The van der Waals surface area contributed by atoms with Gasteiger partial charge in [-0.1, -0.05) is 18.8 Å². The maximum absolute atomic E-state index is 10.4. The highest BCUT2D eigenvalue weighted by Gasteiger charge is 1.98. The summed E-state index contributed by atoms with van der Waals surface area (Å²) in [6, 6.07) is 0. The van der Waals surface area contributed by atoms with E-state index < -0.39 is 5.97 Å². The first-order chi connectivity index (χ1) is 3.72. The van der Waals surface area contributed by atoms with Crippen molar-refractivity contribution in [1.29, 1.82) is 0 Å². The van der Waals surface area contributed by atoms with Gasteiger partial charge in [-0.15, -0.1) is 0 Å². The molecule has 0 aliphatic heterocycles. The summed E-state index contributed by atoms with van der Waals surface area (Å²) >= 11 is 4.41. The molecule has 0 rings (SSSR count). The van der Waals surface area contributed by atoms with E-state index in [9.17, 15) is 4.79 Å². The van der Waals surface area contributed by atoms with Gasteiger partial charge in [0, 0.05) is 5.37 Å². The largest absolute Gasteiger partial charge is 0.525 e. The molecule has 2 nitrogen and oxygen atoms in total. The van der Waals surface area contributed by atoms with Gasteiger partial charge in [0.2, 0.25) is 10.5 Å². The molecule has 4 heteroatoms. The van der Waals surface area contributed by atoms with Crippen molar-refractivity contribution >= 4 is 34.0 Å². The Kier molecular flexibility index (Phi) is 3.30. The molecule has 0 aliphatic rings. The zero-order valence-electron chi connectivity index (χ0n) is 4.51. The van der Waals surface area contributed by atoms with Gasteiger partial charge in [0.25, 0.3) is 0 Å². The third-order valence-corrected chi connectivity index (χ3v) is 1.25. The lowest BCUT2D eigenvalue weighted by Crippen LogP contribution is -2.03. The zero-order valence-corrected chi connectivity index (χ0v) is 7.33. The standard InChI is InChI=1S/C4H6O2SSi/c1-3(2-7)4(5)6-8/h2H,1H2,8H3. The molecular formula is C4H6O2SSi. The molecule has 0 spiro atoms. The maximum Gasteiger partial charge on any atom is 0.324 e. The van der Waals surface area contributed by atoms with Crippen LogP contribution in [-0.2, 0) is 9.22 Å². The molecule has 0 saturated heterocycles. The molecule has 0 heterocycles. The van der Waals surface area contributed by atoms with Crippen molar-refractivity contribution in [1.82, 2.24) is 0 Å². The van der Waals surface area contributed by atoms with Crippen molar-refractivity contribution in [2.75, 3.05) is 0 Å². The van der Waals surface area contributed by atoms with E-state index in [2.05, 4.69) is 23.2 Å². The van der Waals surface area contributed by atoms with Gasteiger partial charge in [-0.3, -0.25) is 0 Å². The maximum atomic E-state index is 10.4. The molecule has 0 atom stereocenters. The van der Waals surface area contributed by atoms with Crippen LogP contribution in [0.25, 0.3) is 0 Å². The Labute approximate surface area is 56.1 Å². The lowest BCUT2D eigenvalue weighted by atomic mass is 10.4. The zero-order chi connectivity index (χ0) is 6.57. The molecule has 0 aromatic carbocycles. The van der Waals surface area contributed by atoms with E-state index in [-0.39, 0.29) is 5.57 Å². The molecule has 0 N–H and O–H groups in total. The van der Waals surface area contributed by atoms with Crippen molar-refractivity contribution < 1.29 is 9.22 Å². The van der Waals surface area contributed by atoms with Gasteiger partial charge in [-0.2, -0.15) is 0 Å². The molecule has 0 fully saturated rings. The summed E-state index contributed by atoms with van der Waals surface area (Å²) in [5, 5.41) is 1.21. The van der Waals surface area contributed by atoms with E-state index in [1.54, 1.807) is 0 Å². The Bertz CT molecular complexity index is 132. The molecule has 0 aliphatic carbocycles. The highest BCUT2D eigenvalue weighted by molar-refractivity contribution is 7.79. The van der Waals surface area contributed by atoms with Gasteiger partial charge in [0.05, 0.1) is 5.57 Å². The molecular weight excluding hydrogens is 140 g/mol. The van der Waals surface area contributed by atoms with Crippen molar-refractivity contribution in [2.45, 2.75) is 0 Å². The fourth-order valence-electron chi connectivity index (χ4n) is 0.179. The molecule has 0 aromatic heterocycles. The quantitative estimate of drug-likeness (QED) is 0.295. The van der Waals surface area contributed by atoms with E-state index in [1.807, 2.05) is 0 Å². The van der Waals surface area contributed by atoms with E-state index in [0.717, 1.165) is 0 Å². The molecule has 0 radical (unpaired) electrons. The van der Waals surface area contributed by atoms with Crippen molar-refractivity contribution in [3.63, 3.8) is 0 Å². The summed E-state index contributed by atoms with van der Waals surface area (Å²) in [6.45, 7) is 3.33. The van der Waals surface area contributed by atoms with Crippen molar-refractivity contribution in [3.05, 3.63) is 12.2 Å². The molecule has 0 bridgehead atoms. The van der Waals surface area contributed by atoms with Gasteiger partial charge in [0.1, 0.15) is 0 Å². The second kappa shape index (κ2) is 3.51. The average molecular weight is 146 g/mol.